The minimum atomic E-state index is -1.83. The molecule has 0 spiro atoms. The van der Waals surface area contributed by atoms with Crippen molar-refractivity contribution >= 4 is 12.1 Å². The minimum absolute atomic E-state index is 0.258. The van der Waals surface area contributed by atoms with Gasteiger partial charge in [0.2, 0.25) is 11.8 Å². The van der Waals surface area contributed by atoms with E-state index < -0.39 is 6.16 Å². The molecule has 8 nitrogen and oxygen atoms in total. The lowest BCUT2D eigenvalue weighted by molar-refractivity contribution is -0.123. The fourth-order valence-corrected chi connectivity index (χ4v) is 4.02. The van der Waals surface area contributed by atoms with E-state index in [1.807, 2.05) is 19.1 Å². The van der Waals surface area contributed by atoms with Gasteiger partial charge in [-0.15, -0.1) is 0 Å². The first-order valence-corrected chi connectivity index (χ1v) is 11.1. The summed E-state index contributed by atoms with van der Waals surface area (Å²) in [6.07, 6.45) is 4.73. The number of ether oxygens (including phenoxy) is 1. The van der Waals surface area contributed by atoms with Gasteiger partial charge in [-0.3, -0.25) is 4.79 Å². The molecule has 2 unspecified atom stereocenters. The molecule has 2 aromatic rings. The molecule has 2 aliphatic carbocycles. The van der Waals surface area contributed by atoms with E-state index in [4.69, 9.17) is 24.2 Å². The van der Waals surface area contributed by atoms with Crippen LogP contribution in [0.25, 0.3) is 11.5 Å². The molecule has 2 aliphatic rings. The topological polar surface area (TPSA) is 122 Å². The Morgan fingerprint density at radius 1 is 1.19 bits per heavy atom. The van der Waals surface area contributed by atoms with Gasteiger partial charge in [0.25, 0.3) is 0 Å². The second kappa shape index (κ2) is 11.1. The SMILES string of the molecule is Cc1cccc(-c2nc(COCC3CCCC(NC(=O)C4CC4)C3)c(C)o2)c1.O=C(O)O. The highest BCUT2D eigenvalue weighted by Gasteiger charge is 2.32. The van der Waals surface area contributed by atoms with E-state index in [0.717, 1.165) is 49.1 Å². The molecule has 3 N–H and O–H groups in total. The van der Waals surface area contributed by atoms with E-state index >= 15 is 0 Å². The molecule has 1 heterocycles. The predicted molar refractivity (Wildman–Crippen MR) is 118 cm³/mol. The van der Waals surface area contributed by atoms with Crippen LogP contribution in [-0.4, -0.2) is 39.9 Å². The highest BCUT2D eigenvalue weighted by atomic mass is 16.6. The molecule has 174 valence electrons. The maximum Gasteiger partial charge on any atom is 0.503 e. The molecule has 1 aromatic carbocycles. The Bertz CT molecular complexity index is 917. The Morgan fingerprint density at radius 3 is 2.62 bits per heavy atom. The molecule has 1 amide bonds. The maximum absolute atomic E-state index is 12.0. The lowest BCUT2D eigenvalue weighted by atomic mass is 9.86. The number of carbonyl (C=O) groups is 2. The van der Waals surface area contributed by atoms with Crippen LogP contribution in [0.4, 0.5) is 4.79 Å². The highest BCUT2D eigenvalue weighted by Crippen LogP contribution is 2.31. The van der Waals surface area contributed by atoms with Gasteiger partial charge >= 0.3 is 6.16 Å². The molecule has 1 aromatic heterocycles. The fourth-order valence-electron chi connectivity index (χ4n) is 4.02. The van der Waals surface area contributed by atoms with Crippen LogP contribution in [0, 0.1) is 25.7 Å². The van der Waals surface area contributed by atoms with Crippen LogP contribution in [0.5, 0.6) is 0 Å². The number of aryl methyl sites for hydroxylation is 2. The van der Waals surface area contributed by atoms with Gasteiger partial charge in [-0.25, -0.2) is 9.78 Å². The Kier molecular flexibility index (Phi) is 8.27. The smallest absolute Gasteiger partial charge is 0.450 e. The van der Waals surface area contributed by atoms with Crippen LogP contribution < -0.4 is 5.32 Å². The second-order valence-corrected chi connectivity index (χ2v) is 8.70. The second-order valence-electron chi connectivity index (χ2n) is 8.70. The molecule has 0 bridgehead atoms. The van der Waals surface area contributed by atoms with E-state index in [9.17, 15) is 4.79 Å². The van der Waals surface area contributed by atoms with Crippen molar-refractivity contribution in [3.05, 3.63) is 41.3 Å². The summed E-state index contributed by atoms with van der Waals surface area (Å²) in [5, 5.41) is 17.2. The number of carbonyl (C=O) groups excluding carboxylic acids is 1. The molecule has 0 aliphatic heterocycles. The number of amides is 1. The predicted octanol–water partition coefficient (Wildman–Crippen LogP) is 4.78. The van der Waals surface area contributed by atoms with Gasteiger partial charge in [-0.2, -0.15) is 0 Å². The summed E-state index contributed by atoms with van der Waals surface area (Å²) >= 11 is 0. The highest BCUT2D eigenvalue weighted by molar-refractivity contribution is 5.81. The van der Waals surface area contributed by atoms with Crippen LogP contribution >= 0.6 is 0 Å². The monoisotopic (exact) mass is 444 g/mol. The molecule has 32 heavy (non-hydrogen) atoms. The fraction of sp³-hybridized carbons (Fsp3) is 0.542. The Hall–Kier alpha value is -2.87. The van der Waals surface area contributed by atoms with Crippen molar-refractivity contribution in [3.8, 4) is 11.5 Å². The van der Waals surface area contributed by atoms with Crippen molar-refractivity contribution in [2.45, 2.75) is 65.0 Å². The summed E-state index contributed by atoms with van der Waals surface area (Å²) in [5.74, 6) is 2.51. The number of benzene rings is 1. The molecule has 2 saturated carbocycles. The van der Waals surface area contributed by atoms with E-state index in [1.165, 1.54) is 12.0 Å². The van der Waals surface area contributed by atoms with Gasteiger partial charge in [0.15, 0.2) is 0 Å². The lowest BCUT2D eigenvalue weighted by Crippen LogP contribution is -2.39. The van der Waals surface area contributed by atoms with Crippen molar-refractivity contribution in [2.24, 2.45) is 11.8 Å². The third kappa shape index (κ3) is 7.37. The molecule has 2 atom stereocenters. The van der Waals surface area contributed by atoms with E-state index in [0.29, 0.717) is 31.1 Å². The van der Waals surface area contributed by atoms with Crippen molar-refractivity contribution < 1.29 is 29.0 Å². The van der Waals surface area contributed by atoms with E-state index in [-0.39, 0.29) is 11.8 Å². The normalized spacial score (nSPS) is 20.2. The number of carboxylic acid groups (broad SMARTS) is 2. The number of nitrogens with zero attached hydrogens (tertiary/aromatic N) is 1. The zero-order valence-electron chi connectivity index (χ0n) is 18.7. The Morgan fingerprint density at radius 2 is 1.94 bits per heavy atom. The molecule has 0 radical (unpaired) electrons. The zero-order valence-corrected chi connectivity index (χ0v) is 18.7. The van der Waals surface area contributed by atoms with Crippen LogP contribution in [0.2, 0.25) is 0 Å². The van der Waals surface area contributed by atoms with Crippen LogP contribution in [-0.2, 0) is 16.1 Å². The molecule has 2 fully saturated rings. The van der Waals surface area contributed by atoms with Crippen LogP contribution in [0.3, 0.4) is 0 Å². The third-order valence-corrected chi connectivity index (χ3v) is 5.83. The summed E-state index contributed by atoms with van der Waals surface area (Å²) in [6.45, 7) is 5.18. The summed E-state index contributed by atoms with van der Waals surface area (Å²) in [6, 6.07) is 8.49. The summed E-state index contributed by atoms with van der Waals surface area (Å²) in [4.78, 5) is 25.2. The van der Waals surface area contributed by atoms with Crippen LogP contribution in [0.15, 0.2) is 28.7 Å². The van der Waals surface area contributed by atoms with Crippen LogP contribution in [0.1, 0.15) is 55.5 Å². The average Bonchev–Trinajstić information content (AvgIpc) is 3.52. The molecule has 8 heteroatoms. The van der Waals surface area contributed by atoms with Gasteiger partial charge in [-0.1, -0.05) is 24.1 Å². The first-order valence-electron chi connectivity index (χ1n) is 11.1. The van der Waals surface area contributed by atoms with E-state index in [1.54, 1.807) is 0 Å². The molecular weight excluding hydrogens is 412 g/mol. The Labute approximate surface area is 188 Å². The van der Waals surface area contributed by atoms with E-state index in [2.05, 4.69) is 29.4 Å². The molecule has 0 saturated heterocycles. The van der Waals surface area contributed by atoms with Gasteiger partial charge in [0, 0.05) is 24.1 Å². The number of rotatable bonds is 7. The minimum Gasteiger partial charge on any atom is -0.450 e. The number of hydrogen-bond acceptors (Lipinski definition) is 5. The lowest BCUT2D eigenvalue weighted by Gasteiger charge is -2.29. The standard InChI is InChI=1S/C23H30N2O3.CH2O3/c1-15-5-3-7-19(11-15)23-25-21(16(2)28-23)14-27-13-17-6-4-8-20(12-17)24-22(26)18-9-10-18;2-1(3)4/h3,5,7,11,17-18,20H,4,6,8-10,12-14H2,1-2H3,(H,24,26);(H2,2,3,4). The molecule has 4 rings (SSSR count). The number of aromatic nitrogens is 1. The number of nitrogens with one attached hydrogen (secondary N) is 1. The number of hydrogen-bond donors (Lipinski definition) is 3. The quantitative estimate of drug-likeness (QED) is 0.561. The van der Waals surface area contributed by atoms with Crippen molar-refractivity contribution in [1.82, 2.24) is 10.3 Å². The summed E-state index contributed by atoms with van der Waals surface area (Å²) in [5.41, 5.74) is 3.05. The van der Waals surface area contributed by atoms with Crippen molar-refractivity contribution in [3.63, 3.8) is 0 Å². The van der Waals surface area contributed by atoms with Gasteiger partial charge in [0.05, 0.1) is 6.61 Å². The maximum atomic E-state index is 12.0. The first-order chi connectivity index (χ1) is 15.3. The zero-order chi connectivity index (χ0) is 23.1. The first kappa shape index (κ1) is 23.8. The van der Waals surface area contributed by atoms with Crippen molar-refractivity contribution in [1.29, 1.82) is 0 Å². The third-order valence-electron chi connectivity index (χ3n) is 5.83. The van der Waals surface area contributed by atoms with Gasteiger partial charge in [-0.05, 0) is 64.0 Å². The Balaban J connectivity index is 0.000000668. The van der Waals surface area contributed by atoms with Gasteiger partial charge in [0.1, 0.15) is 11.5 Å². The largest absolute Gasteiger partial charge is 0.503 e. The number of oxazole rings is 1. The average molecular weight is 445 g/mol. The summed E-state index contributed by atoms with van der Waals surface area (Å²) in [7, 11) is 0. The van der Waals surface area contributed by atoms with Gasteiger partial charge < -0.3 is 24.7 Å². The molecular formula is C24H32N2O6. The summed E-state index contributed by atoms with van der Waals surface area (Å²) < 4.78 is 11.8. The van der Waals surface area contributed by atoms with Crippen molar-refractivity contribution in [2.75, 3.05) is 6.61 Å².